The average Bonchev–Trinajstić information content (AvgIpc) is 2.38. The molecule has 18 heavy (non-hydrogen) atoms. The molecule has 0 saturated heterocycles. The van der Waals surface area contributed by atoms with E-state index in [-0.39, 0.29) is 13.0 Å². The molecular formula is C12H11NO5. The van der Waals surface area contributed by atoms with Crippen molar-refractivity contribution in [1.82, 2.24) is 4.57 Å². The van der Waals surface area contributed by atoms with E-state index in [2.05, 4.69) is 9.15 Å². The maximum Gasteiger partial charge on any atom is 0.422 e. The number of esters is 1. The second-order valence-corrected chi connectivity index (χ2v) is 3.65. The Kier molecular flexibility index (Phi) is 3.27. The van der Waals surface area contributed by atoms with Gasteiger partial charge >= 0.3 is 17.4 Å². The second-order valence-electron chi connectivity index (χ2n) is 3.65. The van der Waals surface area contributed by atoms with Gasteiger partial charge in [-0.05, 0) is 12.1 Å². The van der Waals surface area contributed by atoms with E-state index in [1.165, 1.54) is 11.7 Å². The molecule has 0 spiro atoms. The first-order valence-corrected chi connectivity index (χ1v) is 5.33. The number of aryl methyl sites for hydroxylation is 1. The lowest BCUT2D eigenvalue weighted by Crippen LogP contribution is -2.26. The summed E-state index contributed by atoms with van der Waals surface area (Å²) in [5, 5.41) is 0.307. The Balaban J connectivity index is 2.53. The Labute approximate surface area is 101 Å². The van der Waals surface area contributed by atoms with E-state index < -0.39 is 17.4 Å². The first-order valence-electron chi connectivity index (χ1n) is 5.33. The number of hydrogen-bond donors (Lipinski definition) is 0. The molecule has 6 heteroatoms. The zero-order valence-electron chi connectivity index (χ0n) is 9.71. The summed E-state index contributed by atoms with van der Waals surface area (Å²) in [4.78, 5) is 34.1. The van der Waals surface area contributed by atoms with Gasteiger partial charge in [-0.15, -0.1) is 0 Å². The van der Waals surface area contributed by atoms with Crippen LogP contribution in [-0.2, 0) is 16.1 Å². The Hall–Kier alpha value is -2.37. The van der Waals surface area contributed by atoms with Gasteiger partial charge in [0.2, 0.25) is 0 Å². The van der Waals surface area contributed by atoms with Crippen LogP contribution in [0.4, 0.5) is 0 Å². The number of fused-ring (bicyclic) bond motifs is 1. The van der Waals surface area contributed by atoms with Crippen molar-refractivity contribution >= 4 is 16.9 Å². The van der Waals surface area contributed by atoms with Gasteiger partial charge in [0.25, 0.3) is 0 Å². The van der Waals surface area contributed by atoms with Gasteiger partial charge < -0.3 is 9.15 Å². The van der Waals surface area contributed by atoms with E-state index >= 15 is 0 Å². The summed E-state index contributed by atoms with van der Waals surface area (Å²) in [6, 6.07) is 6.57. The highest BCUT2D eigenvalue weighted by Crippen LogP contribution is 2.07. The van der Waals surface area contributed by atoms with Gasteiger partial charge in [-0.1, -0.05) is 12.1 Å². The third-order valence-corrected chi connectivity index (χ3v) is 2.58. The molecule has 0 N–H and O–H groups in total. The smallest absolute Gasteiger partial charge is 0.422 e. The summed E-state index contributed by atoms with van der Waals surface area (Å²) in [5.41, 5.74) is -0.229. The van der Waals surface area contributed by atoms with E-state index in [9.17, 15) is 14.4 Å². The van der Waals surface area contributed by atoms with Gasteiger partial charge in [0.1, 0.15) is 0 Å². The van der Waals surface area contributed by atoms with Gasteiger partial charge in [0, 0.05) is 6.54 Å². The van der Waals surface area contributed by atoms with Crippen molar-refractivity contribution in [3.63, 3.8) is 0 Å². The van der Waals surface area contributed by atoms with E-state index in [0.717, 1.165) is 0 Å². The average molecular weight is 249 g/mol. The first-order chi connectivity index (χ1) is 8.63. The van der Waals surface area contributed by atoms with Crippen molar-refractivity contribution in [2.45, 2.75) is 13.0 Å². The maximum atomic E-state index is 11.6. The SMILES string of the molecule is COC(=O)CCn1c(=O)oc(=O)c2ccccc21. The van der Waals surface area contributed by atoms with Crippen LogP contribution >= 0.6 is 0 Å². The molecule has 1 aromatic heterocycles. The lowest BCUT2D eigenvalue weighted by Gasteiger charge is -2.06. The lowest BCUT2D eigenvalue weighted by atomic mass is 10.2. The minimum absolute atomic E-state index is 0.0358. The zero-order chi connectivity index (χ0) is 13.1. The van der Waals surface area contributed by atoms with Gasteiger partial charge in [0.05, 0.1) is 24.4 Å². The monoisotopic (exact) mass is 249 g/mol. The Morgan fingerprint density at radius 1 is 1.33 bits per heavy atom. The zero-order valence-corrected chi connectivity index (χ0v) is 9.71. The number of nitrogens with zero attached hydrogens (tertiary/aromatic N) is 1. The Morgan fingerprint density at radius 2 is 2.06 bits per heavy atom. The van der Waals surface area contributed by atoms with Gasteiger partial charge in [-0.2, -0.15) is 0 Å². The van der Waals surface area contributed by atoms with Crippen molar-refractivity contribution in [3.05, 3.63) is 45.2 Å². The minimum Gasteiger partial charge on any atom is -0.469 e. The fourth-order valence-electron chi connectivity index (χ4n) is 1.69. The summed E-state index contributed by atoms with van der Waals surface area (Å²) in [6.45, 7) is 0.107. The molecule has 0 amide bonds. The first kappa shape index (κ1) is 12.1. The molecule has 0 fully saturated rings. The number of para-hydroxylation sites is 1. The van der Waals surface area contributed by atoms with Crippen LogP contribution in [0.25, 0.3) is 10.9 Å². The summed E-state index contributed by atoms with van der Waals surface area (Å²) in [7, 11) is 1.27. The Morgan fingerprint density at radius 3 is 2.78 bits per heavy atom. The van der Waals surface area contributed by atoms with Crippen LogP contribution in [0.5, 0.6) is 0 Å². The fraction of sp³-hybridized carbons (Fsp3) is 0.250. The van der Waals surface area contributed by atoms with Crippen LogP contribution in [0.15, 0.2) is 38.3 Å². The largest absolute Gasteiger partial charge is 0.469 e. The van der Waals surface area contributed by atoms with E-state index in [1.54, 1.807) is 24.3 Å². The molecule has 0 aliphatic rings. The number of rotatable bonds is 3. The Bertz CT molecular complexity index is 697. The normalized spacial score (nSPS) is 10.5. The highest BCUT2D eigenvalue weighted by molar-refractivity contribution is 5.77. The number of benzene rings is 1. The summed E-state index contributed by atoms with van der Waals surface area (Å²) in [6.07, 6.45) is 0.0358. The molecule has 0 aliphatic carbocycles. The number of carbonyl (C=O) groups excluding carboxylic acids is 1. The summed E-state index contributed by atoms with van der Waals surface area (Å²) >= 11 is 0. The van der Waals surface area contributed by atoms with Gasteiger partial charge in [-0.3, -0.25) is 9.36 Å². The lowest BCUT2D eigenvalue weighted by molar-refractivity contribution is -0.140. The molecule has 94 valence electrons. The molecule has 2 rings (SSSR count). The van der Waals surface area contributed by atoms with Crippen molar-refractivity contribution in [2.24, 2.45) is 0 Å². The number of hydrogen-bond acceptors (Lipinski definition) is 5. The van der Waals surface area contributed by atoms with Crippen LogP contribution < -0.4 is 11.4 Å². The van der Waals surface area contributed by atoms with Crippen LogP contribution in [-0.4, -0.2) is 17.6 Å². The highest BCUT2D eigenvalue weighted by Gasteiger charge is 2.10. The third kappa shape index (κ3) is 2.17. The predicted octanol–water partition coefficient (Wildman–Crippen LogP) is 0.518. The maximum absolute atomic E-state index is 11.6. The van der Waals surface area contributed by atoms with Crippen molar-refractivity contribution in [2.75, 3.05) is 7.11 Å². The molecule has 0 aliphatic heterocycles. The van der Waals surface area contributed by atoms with Gasteiger partial charge in [0.15, 0.2) is 0 Å². The van der Waals surface area contributed by atoms with Gasteiger partial charge in [-0.25, -0.2) is 9.59 Å². The van der Waals surface area contributed by atoms with Crippen molar-refractivity contribution in [1.29, 1.82) is 0 Å². The molecule has 0 saturated carbocycles. The molecule has 2 aromatic rings. The van der Waals surface area contributed by atoms with Crippen LogP contribution in [0.3, 0.4) is 0 Å². The van der Waals surface area contributed by atoms with Crippen molar-refractivity contribution < 1.29 is 13.9 Å². The van der Waals surface area contributed by atoms with Crippen LogP contribution in [0.1, 0.15) is 6.42 Å². The number of carbonyl (C=O) groups is 1. The van der Waals surface area contributed by atoms with Crippen LogP contribution in [0.2, 0.25) is 0 Å². The fourth-order valence-corrected chi connectivity index (χ4v) is 1.69. The predicted molar refractivity (Wildman–Crippen MR) is 63.4 cm³/mol. The van der Waals surface area contributed by atoms with Crippen LogP contribution in [0, 0.1) is 0 Å². The number of methoxy groups -OCH3 is 1. The van der Waals surface area contributed by atoms with E-state index in [0.29, 0.717) is 10.9 Å². The molecular weight excluding hydrogens is 238 g/mol. The molecule has 1 heterocycles. The highest BCUT2D eigenvalue weighted by atomic mass is 16.5. The molecule has 1 aromatic carbocycles. The quantitative estimate of drug-likeness (QED) is 0.741. The summed E-state index contributed by atoms with van der Waals surface area (Å²) < 4.78 is 10.3. The third-order valence-electron chi connectivity index (χ3n) is 2.58. The van der Waals surface area contributed by atoms with E-state index in [1.807, 2.05) is 0 Å². The summed E-state index contributed by atoms with van der Waals surface area (Å²) in [5.74, 6) is -1.21. The number of ether oxygens (including phenoxy) is 1. The minimum atomic E-state index is -0.775. The second kappa shape index (κ2) is 4.87. The molecule has 0 atom stereocenters. The molecule has 0 bridgehead atoms. The molecule has 6 nitrogen and oxygen atoms in total. The van der Waals surface area contributed by atoms with Crippen molar-refractivity contribution in [3.8, 4) is 0 Å². The number of aromatic nitrogens is 1. The van der Waals surface area contributed by atoms with E-state index in [4.69, 9.17) is 0 Å². The molecule has 0 radical (unpaired) electrons. The standard InChI is InChI=1S/C12H11NO5/c1-17-10(14)6-7-13-9-5-3-2-4-8(9)11(15)18-12(13)16/h2-5H,6-7H2,1H3. The topological polar surface area (TPSA) is 78.5 Å². The molecule has 0 unspecified atom stereocenters.